The van der Waals surface area contributed by atoms with Crippen molar-refractivity contribution in [3.63, 3.8) is 0 Å². The Labute approximate surface area is 130 Å². The largest absolute Gasteiger partial charge is 0.497 e. The van der Waals surface area contributed by atoms with Gasteiger partial charge in [-0.05, 0) is 30.2 Å². The maximum atomic E-state index is 5.27. The molecule has 0 saturated carbocycles. The molecule has 0 spiro atoms. The molecule has 0 bridgehead atoms. The second-order valence-electron chi connectivity index (χ2n) is 5.05. The van der Waals surface area contributed by atoms with E-state index in [1.807, 2.05) is 12.1 Å². The van der Waals surface area contributed by atoms with E-state index in [2.05, 4.69) is 59.4 Å². The fraction of sp³-hybridized carbons (Fsp3) is 0.235. The van der Waals surface area contributed by atoms with E-state index in [9.17, 15) is 0 Å². The molecule has 0 aliphatic heterocycles. The molecule has 21 heavy (non-hydrogen) atoms. The molecule has 0 fully saturated rings. The van der Waals surface area contributed by atoms with Crippen LogP contribution in [0.25, 0.3) is 11.0 Å². The standard InChI is InChI=1S/C17H18N2OS/c1-12-5-3-4-6-13(12)10-19-16-8-7-14(20-2)9-15(16)18-17(19)11-21/h3-9,21H,10-11H2,1-2H3. The van der Waals surface area contributed by atoms with Gasteiger partial charge in [0.25, 0.3) is 0 Å². The average Bonchev–Trinajstić information content (AvgIpc) is 2.86. The molecule has 0 atom stereocenters. The zero-order valence-electron chi connectivity index (χ0n) is 12.2. The first-order valence-electron chi connectivity index (χ1n) is 6.91. The summed E-state index contributed by atoms with van der Waals surface area (Å²) in [7, 11) is 1.67. The van der Waals surface area contributed by atoms with E-state index >= 15 is 0 Å². The van der Waals surface area contributed by atoms with E-state index in [1.165, 1.54) is 11.1 Å². The normalized spacial score (nSPS) is 11.0. The quantitative estimate of drug-likeness (QED) is 0.741. The van der Waals surface area contributed by atoms with Crippen LogP contribution in [0.3, 0.4) is 0 Å². The molecule has 0 saturated heterocycles. The van der Waals surface area contributed by atoms with Crippen LogP contribution in [-0.2, 0) is 12.3 Å². The summed E-state index contributed by atoms with van der Waals surface area (Å²) in [4.78, 5) is 4.67. The van der Waals surface area contributed by atoms with Crippen molar-refractivity contribution in [3.05, 3.63) is 59.4 Å². The van der Waals surface area contributed by atoms with Gasteiger partial charge in [-0.25, -0.2) is 4.98 Å². The van der Waals surface area contributed by atoms with Gasteiger partial charge >= 0.3 is 0 Å². The third-order valence-corrected chi connectivity index (χ3v) is 4.05. The molecule has 4 heteroatoms. The highest BCUT2D eigenvalue weighted by atomic mass is 32.1. The molecule has 1 aromatic heterocycles. The molecule has 0 unspecified atom stereocenters. The third-order valence-electron chi connectivity index (χ3n) is 3.77. The summed E-state index contributed by atoms with van der Waals surface area (Å²) >= 11 is 4.42. The average molecular weight is 298 g/mol. The van der Waals surface area contributed by atoms with Crippen LogP contribution in [0.1, 0.15) is 17.0 Å². The number of benzene rings is 2. The van der Waals surface area contributed by atoms with Crippen molar-refractivity contribution in [2.45, 2.75) is 19.2 Å². The zero-order chi connectivity index (χ0) is 14.8. The molecule has 0 amide bonds. The number of nitrogens with zero attached hydrogens (tertiary/aromatic N) is 2. The highest BCUT2D eigenvalue weighted by Crippen LogP contribution is 2.24. The lowest BCUT2D eigenvalue weighted by molar-refractivity contribution is 0.415. The maximum Gasteiger partial charge on any atom is 0.121 e. The molecular formula is C17H18N2OS. The van der Waals surface area contributed by atoms with E-state index < -0.39 is 0 Å². The van der Waals surface area contributed by atoms with Gasteiger partial charge in [-0.1, -0.05) is 24.3 Å². The molecule has 1 heterocycles. The Morgan fingerprint density at radius 3 is 2.71 bits per heavy atom. The summed E-state index contributed by atoms with van der Waals surface area (Å²) in [5, 5.41) is 0. The minimum atomic E-state index is 0.614. The first-order chi connectivity index (χ1) is 10.2. The van der Waals surface area contributed by atoms with E-state index in [1.54, 1.807) is 7.11 Å². The van der Waals surface area contributed by atoms with Crippen LogP contribution in [0.5, 0.6) is 5.75 Å². The lowest BCUT2D eigenvalue weighted by Gasteiger charge is -2.10. The van der Waals surface area contributed by atoms with Gasteiger partial charge in [0.1, 0.15) is 11.6 Å². The number of hydrogen-bond donors (Lipinski definition) is 1. The molecule has 0 aliphatic rings. The fourth-order valence-corrected chi connectivity index (χ4v) is 2.78. The minimum absolute atomic E-state index is 0.614. The van der Waals surface area contributed by atoms with Crippen LogP contribution in [0.2, 0.25) is 0 Å². The van der Waals surface area contributed by atoms with Crippen molar-refractivity contribution in [3.8, 4) is 5.75 Å². The van der Waals surface area contributed by atoms with Crippen LogP contribution >= 0.6 is 12.6 Å². The summed E-state index contributed by atoms with van der Waals surface area (Å²) in [6.45, 7) is 2.95. The van der Waals surface area contributed by atoms with Crippen molar-refractivity contribution in [2.24, 2.45) is 0 Å². The predicted molar refractivity (Wildman–Crippen MR) is 89.3 cm³/mol. The molecule has 0 radical (unpaired) electrons. The first-order valence-corrected chi connectivity index (χ1v) is 7.54. The lowest BCUT2D eigenvalue weighted by atomic mass is 10.1. The Balaban J connectivity index is 2.10. The highest BCUT2D eigenvalue weighted by molar-refractivity contribution is 7.79. The van der Waals surface area contributed by atoms with Gasteiger partial charge in [0.15, 0.2) is 0 Å². The number of thiol groups is 1. The summed E-state index contributed by atoms with van der Waals surface area (Å²) in [5.41, 5.74) is 4.66. The van der Waals surface area contributed by atoms with Gasteiger partial charge < -0.3 is 9.30 Å². The van der Waals surface area contributed by atoms with E-state index in [0.29, 0.717) is 5.75 Å². The fourth-order valence-electron chi connectivity index (χ4n) is 2.54. The molecule has 108 valence electrons. The molecular weight excluding hydrogens is 280 g/mol. The monoisotopic (exact) mass is 298 g/mol. The number of hydrogen-bond acceptors (Lipinski definition) is 3. The number of ether oxygens (including phenoxy) is 1. The summed E-state index contributed by atoms with van der Waals surface area (Å²) in [5.74, 6) is 2.42. The van der Waals surface area contributed by atoms with Gasteiger partial charge in [-0.3, -0.25) is 0 Å². The lowest BCUT2D eigenvalue weighted by Crippen LogP contribution is -2.05. The smallest absolute Gasteiger partial charge is 0.121 e. The van der Waals surface area contributed by atoms with Crippen LogP contribution in [0, 0.1) is 6.92 Å². The van der Waals surface area contributed by atoms with Gasteiger partial charge in [-0.2, -0.15) is 12.6 Å². The van der Waals surface area contributed by atoms with Gasteiger partial charge in [0.2, 0.25) is 0 Å². The van der Waals surface area contributed by atoms with E-state index in [4.69, 9.17) is 4.74 Å². The zero-order valence-corrected chi connectivity index (χ0v) is 13.1. The topological polar surface area (TPSA) is 27.1 Å². The van der Waals surface area contributed by atoms with E-state index in [-0.39, 0.29) is 0 Å². The number of imidazole rings is 1. The summed E-state index contributed by atoms with van der Waals surface area (Å²) in [6.07, 6.45) is 0. The van der Waals surface area contributed by atoms with Crippen molar-refractivity contribution in [1.29, 1.82) is 0 Å². The number of methoxy groups -OCH3 is 1. The van der Waals surface area contributed by atoms with Crippen LogP contribution in [-0.4, -0.2) is 16.7 Å². The van der Waals surface area contributed by atoms with Crippen LogP contribution in [0.4, 0.5) is 0 Å². The third kappa shape index (κ3) is 2.63. The van der Waals surface area contributed by atoms with Crippen LogP contribution in [0.15, 0.2) is 42.5 Å². The Bertz CT molecular complexity index is 780. The first kappa shape index (κ1) is 14.0. The molecule has 3 rings (SSSR count). The van der Waals surface area contributed by atoms with Crippen molar-refractivity contribution >= 4 is 23.7 Å². The van der Waals surface area contributed by atoms with Crippen molar-refractivity contribution < 1.29 is 4.74 Å². The van der Waals surface area contributed by atoms with Gasteiger partial charge in [0.05, 0.1) is 18.1 Å². The SMILES string of the molecule is COc1ccc2c(c1)nc(CS)n2Cc1ccccc1C. The van der Waals surface area contributed by atoms with Crippen molar-refractivity contribution in [1.82, 2.24) is 9.55 Å². The molecule has 0 aliphatic carbocycles. The van der Waals surface area contributed by atoms with E-state index in [0.717, 1.165) is 29.2 Å². The highest BCUT2D eigenvalue weighted by Gasteiger charge is 2.11. The Morgan fingerprint density at radius 2 is 2.00 bits per heavy atom. The van der Waals surface area contributed by atoms with Gasteiger partial charge in [-0.15, -0.1) is 0 Å². The Morgan fingerprint density at radius 1 is 1.19 bits per heavy atom. The minimum Gasteiger partial charge on any atom is -0.497 e. The second-order valence-corrected chi connectivity index (χ2v) is 5.37. The number of fused-ring (bicyclic) bond motifs is 1. The predicted octanol–water partition coefficient (Wildman–Crippen LogP) is 3.83. The Hall–Kier alpha value is -1.94. The Kier molecular flexibility index (Phi) is 3.88. The number of rotatable bonds is 4. The van der Waals surface area contributed by atoms with Crippen LogP contribution < -0.4 is 4.74 Å². The number of aromatic nitrogens is 2. The maximum absolute atomic E-state index is 5.27. The number of aryl methyl sites for hydroxylation is 1. The van der Waals surface area contributed by atoms with Crippen molar-refractivity contribution in [2.75, 3.05) is 7.11 Å². The molecule has 3 aromatic rings. The summed E-state index contributed by atoms with van der Waals surface area (Å²) in [6, 6.07) is 14.4. The molecule has 2 aromatic carbocycles. The molecule has 0 N–H and O–H groups in total. The van der Waals surface area contributed by atoms with Gasteiger partial charge in [0, 0.05) is 18.4 Å². The molecule has 3 nitrogen and oxygen atoms in total. The second kappa shape index (κ2) is 5.82. The summed E-state index contributed by atoms with van der Waals surface area (Å²) < 4.78 is 7.50.